The summed E-state index contributed by atoms with van der Waals surface area (Å²) in [6.45, 7) is 4.59. The first-order valence-electron chi connectivity index (χ1n) is 8.92. The number of nitrogens with zero attached hydrogens (tertiary/aromatic N) is 1. The van der Waals surface area contributed by atoms with Crippen LogP contribution in [-0.2, 0) is 11.2 Å². The van der Waals surface area contributed by atoms with Crippen LogP contribution in [0.5, 0.6) is 0 Å². The molecule has 0 bridgehead atoms. The van der Waals surface area contributed by atoms with Crippen LogP contribution in [0.4, 0.5) is 10.1 Å². The Kier molecular flexibility index (Phi) is 5.35. The van der Waals surface area contributed by atoms with Crippen molar-refractivity contribution >= 4 is 17.5 Å². The number of amides is 2. The zero-order valence-electron chi connectivity index (χ0n) is 15.0. The SMILES string of the molecule is CC(C)C[C@H](NC(=O)c1ccccc1F)C(=O)N1CCc2ccccc21. The molecule has 2 aromatic carbocycles. The molecule has 0 aromatic heterocycles. The molecule has 1 aliphatic rings. The Morgan fingerprint density at radius 1 is 1.12 bits per heavy atom. The molecule has 2 aromatic rings. The van der Waals surface area contributed by atoms with Crippen molar-refractivity contribution < 1.29 is 14.0 Å². The second-order valence-electron chi connectivity index (χ2n) is 7.00. The Bertz CT molecular complexity index is 819. The molecule has 3 rings (SSSR count). The molecule has 0 radical (unpaired) electrons. The molecule has 0 aliphatic carbocycles. The van der Waals surface area contributed by atoms with E-state index in [-0.39, 0.29) is 17.4 Å². The molecule has 1 aliphatic heterocycles. The lowest BCUT2D eigenvalue weighted by Crippen LogP contribution is -2.49. The Hall–Kier alpha value is -2.69. The minimum Gasteiger partial charge on any atom is -0.340 e. The number of carbonyl (C=O) groups excluding carboxylic acids is 2. The van der Waals surface area contributed by atoms with E-state index in [0.29, 0.717) is 13.0 Å². The summed E-state index contributed by atoms with van der Waals surface area (Å²) in [5.74, 6) is -1.09. The highest BCUT2D eigenvalue weighted by Crippen LogP contribution is 2.28. The van der Waals surface area contributed by atoms with Crippen LogP contribution in [0.1, 0.15) is 36.2 Å². The third-order valence-electron chi connectivity index (χ3n) is 4.58. The number of hydrogen-bond donors (Lipinski definition) is 1. The highest BCUT2D eigenvalue weighted by molar-refractivity contribution is 6.03. The van der Waals surface area contributed by atoms with E-state index in [4.69, 9.17) is 0 Å². The fourth-order valence-corrected chi connectivity index (χ4v) is 3.33. The van der Waals surface area contributed by atoms with Gasteiger partial charge < -0.3 is 10.2 Å². The van der Waals surface area contributed by atoms with Crippen molar-refractivity contribution in [3.05, 3.63) is 65.5 Å². The van der Waals surface area contributed by atoms with Gasteiger partial charge in [-0.25, -0.2) is 4.39 Å². The number of fused-ring (bicyclic) bond motifs is 1. The van der Waals surface area contributed by atoms with Gasteiger partial charge in [0.05, 0.1) is 5.56 Å². The molecule has 1 N–H and O–H groups in total. The summed E-state index contributed by atoms with van der Waals surface area (Å²) < 4.78 is 13.9. The van der Waals surface area contributed by atoms with Gasteiger partial charge in [0.2, 0.25) is 5.91 Å². The largest absolute Gasteiger partial charge is 0.340 e. The van der Waals surface area contributed by atoms with Crippen LogP contribution >= 0.6 is 0 Å². The van der Waals surface area contributed by atoms with Crippen LogP contribution in [0.25, 0.3) is 0 Å². The van der Waals surface area contributed by atoms with Crippen LogP contribution in [0.3, 0.4) is 0 Å². The number of carbonyl (C=O) groups is 2. The minimum absolute atomic E-state index is 0.0455. The maximum atomic E-state index is 13.9. The van der Waals surface area contributed by atoms with Gasteiger partial charge in [0.15, 0.2) is 0 Å². The summed E-state index contributed by atoms with van der Waals surface area (Å²) in [5, 5.41) is 2.74. The van der Waals surface area contributed by atoms with E-state index in [9.17, 15) is 14.0 Å². The van der Waals surface area contributed by atoms with Gasteiger partial charge in [-0.15, -0.1) is 0 Å². The van der Waals surface area contributed by atoms with Gasteiger partial charge in [0, 0.05) is 12.2 Å². The number of hydrogen-bond acceptors (Lipinski definition) is 2. The Labute approximate surface area is 153 Å². The number of nitrogens with one attached hydrogen (secondary N) is 1. The second-order valence-corrected chi connectivity index (χ2v) is 7.00. The number of halogens is 1. The fourth-order valence-electron chi connectivity index (χ4n) is 3.33. The lowest BCUT2D eigenvalue weighted by atomic mass is 10.0. The summed E-state index contributed by atoms with van der Waals surface area (Å²) in [5.41, 5.74) is 1.98. The average molecular weight is 354 g/mol. The number of para-hydroxylation sites is 1. The van der Waals surface area contributed by atoms with Crippen molar-refractivity contribution in [1.82, 2.24) is 5.32 Å². The first-order chi connectivity index (χ1) is 12.5. The van der Waals surface area contributed by atoms with Gasteiger partial charge in [-0.05, 0) is 42.5 Å². The Morgan fingerprint density at radius 3 is 2.54 bits per heavy atom. The molecule has 0 unspecified atom stereocenters. The van der Waals surface area contributed by atoms with E-state index in [1.807, 2.05) is 38.1 Å². The maximum Gasteiger partial charge on any atom is 0.254 e. The number of benzene rings is 2. The monoisotopic (exact) mass is 354 g/mol. The van der Waals surface area contributed by atoms with Crippen molar-refractivity contribution in [3.8, 4) is 0 Å². The van der Waals surface area contributed by atoms with Crippen LogP contribution < -0.4 is 10.2 Å². The molecule has 5 heteroatoms. The van der Waals surface area contributed by atoms with E-state index in [1.165, 1.54) is 18.2 Å². The van der Waals surface area contributed by atoms with Crippen molar-refractivity contribution in [1.29, 1.82) is 0 Å². The Morgan fingerprint density at radius 2 is 1.81 bits per heavy atom. The third-order valence-corrected chi connectivity index (χ3v) is 4.58. The van der Waals surface area contributed by atoms with Gasteiger partial charge in [-0.3, -0.25) is 9.59 Å². The van der Waals surface area contributed by atoms with E-state index in [0.717, 1.165) is 17.7 Å². The molecule has 0 saturated carbocycles. The average Bonchev–Trinajstić information content (AvgIpc) is 3.04. The molecular formula is C21H23FN2O2. The van der Waals surface area contributed by atoms with E-state index in [2.05, 4.69) is 5.32 Å². The van der Waals surface area contributed by atoms with Crippen molar-refractivity contribution in [2.75, 3.05) is 11.4 Å². The second kappa shape index (κ2) is 7.68. The first-order valence-corrected chi connectivity index (χ1v) is 8.92. The molecule has 0 saturated heterocycles. The van der Waals surface area contributed by atoms with E-state index < -0.39 is 17.8 Å². The lowest BCUT2D eigenvalue weighted by Gasteiger charge is -2.26. The maximum absolute atomic E-state index is 13.9. The van der Waals surface area contributed by atoms with Gasteiger partial charge in [0.1, 0.15) is 11.9 Å². The fraction of sp³-hybridized carbons (Fsp3) is 0.333. The normalized spacial score (nSPS) is 14.2. The molecule has 26 heavy (non-hydrogen) atoms. The van der Waals surface area contributed by atoms with Gasteiger partial charge in [0.25, 0.3) is 5.91 Å². The molecular weight excluding hydrogens is 331 g/mol. The third kappa shape index (κ3) is 3.77. The van der Waals surface area contributed by atoms with Crippen LogP contribution in [0, 0.1) is 11.7 Å². The molecule has 0 spiro atoms. The van der Waals surface area contributed by atoms with Gasteiger partial charge in [-0.2, -0.15) is 0 Å². The molecule has 2 amide bonds. The number of rotatable bonds is 5. The summed E-state index contributed by atoms with van der Waals surface area (Å²) in [6, 6.07) is 12.9. The predicted molar refractivity (Wildman–Crippen MR) is 99.6 cm³/mol. The Balaban J connectivity index is 1.81. The topological polar surface area (TPSA) is 49.4 Å². The van der Waals surface area contributed by atoms with Crippen LogP contribution in [0.15, 0.2) is 48.5 Å². The minimum atomic E-state index is -0.687. The lowest BCUT2D eigenvalue weighted by molar-refractivity contribution is -0.120. The smallest absolute Gasteiger partial charge is 0.254 e. The van der Waals surface area contributed by atoms with Crippen molar-refractivity contribution in [2.45, 2.75) is 32.7 Å². The van der Waals surface area contributed by atoms with Crippen LogP contribution in [-0.4, -0.2) is 24.4 Å². The summed E-state index contributed by atoms with van der Waals surface area (Å²) in [7, 11) is 0. The van der Waals surface area contributed by atoms with E-state index in [1.54, 1.807) is 11.0 Å². The summed E-state index contributed by atoms with van der Waals surface area (Å²) in [4.78, 5) is 27.3. The zero-order valence-corrected chi connectivity index (χ0v) is 15.0. The quantitative estimate of drug-likeness (QED) is 0.892. The molecule has 4 nitrogen and oxygen atoms in total. The molecule has 1 atom stereocenters. The summed E-state index contributed by atoms with van der Waals surface area (Å²) >= 11 is 0. The van der Waals surface area contributed by atoms with Crippen molar-refractivity contribution in [3.63, 3.8) is 0 Å². The van der Waals surface area contributed by atoms with E-state index >= 15 is 0 Å². The number of anilines is 1. The van der Waals surface area contributed by atoms with Crippen LogP contribution in [0.2, 0.25) is 0 Å². The van der Waals surface area contributed by atoms with Crippen molar-refractivity contribution in [2.24, 2.45) is 5.92 Å². The molecule has 1 heterocycles. The highest BCUT2D eigenvalue weighted by Gasteiger charge is 2.31. The standard InChI is InChI=1S/C21H23FN2O2/c1-14(2)13-18(23-20(25)16-8-4-5-9-17(16)22)21(26)24-12-11-15-7-3-6-10-19(15)24/h3-10,14,18H,11-13H2,1-2H3,(H,23,25)/t18-/m0/s1. The molecule has 0 fully saturated rings. The van der Waals surface area contributed by atoms with Gasteiger partial charge >= 0.3 is 0 Å². The summed E-state index contributed by atoms with van der Waals surface area (Å²) in [6.07, 6.45) is 1.30. The first kappa shape index (κ1) is 18.1. The predicted octanol–water partition coefficient (Wildman–Crippen LogP) is 3.56. The highest BCUT2D eigenvalue weighted by atomic mass is 19.1. The van der Waals surface area contributed by atoms with Gasteiger partial charge in [-0.1, -0.05) is 44.2 Å². The zero-order chi connectivity index (χ0) is 18.7. The molecule has 136 valence electrons.